The lowest BCUT2D eigenvalue weighted by Gasteiger charge is -2.13. The topological polar surface area (TPSA) is 51.0 Å². The van der Waals surface area contributed by atoms with E-state index in [1.807, 2.05) is 6.07 Å². The van der Waals surface area contributed by atoms with Gasteiger partial charge in [0.05, 0.1) is 6.54 Å². The predicted octanol–water partition coefficient (Wildman–Crippen LogP) is 1.51. The van der Waals surface area contributed by atoms with E-state index in [9.17, 15) is 4.79 Å². The Balaban J connectivity index is 2.31. The minimum atomic E-state index is -0.0378. The van der Waals surface area contributed by atoms with Crippen molar-refractivity contribution in [1.29, 1.82) is 0 Å². The quantitative estimate of drug-likeness (QED) is 0.664. The zero-order valence-corrected chi connectivity index (χ0v) is 9.85. The van der Waals surface area contributed by atoms with Crippen LogP contribution >= 0.6 is 11.6 Å². The molecule has 6 heteroatoms. The summed E-state index contributed by atoms with van der Waals surface area (Å²) in [6.07, 6.45) is 3.46. The third-order valence-electron chi connectivity index (χ3n) is 2.76. The molecule has 0 saturated heterocycles. The summed E-state index contributed by atoms with van der Waals surface area (Å²) < 4.78 is 1.74. The molecule has 0 aliphatic carbocycles. The van der Waals surface area contributed by atoms with E-state index in [-0.39, 0.29) is 11.2 Å². The predicted molar refractivity (Wildman–Crippen MR) is 62.2 cm³/mol. The second-order valence-electron chi connectivity index (χ2n) is 3.91. The Hall–Kier alpha value is -1.88. The molecule has 0 fully saturated rings. The highest BCUT2D eigenvalue weighted by Crippen LogP contribution is 2.22. The average molecular weight is 249 g/mol. The first-order valence-corrected chi connectivity index (χ1v) is 5.49. The van der Waals surface area contributed by atoms with Gasteiger partial charge in [0.2, 0.25) is 5.28 Å². The Kier molecular flexibility index (Phi) is 2.16. The Labute approximate surface area is 103 Å². The molecular weight excluding hydrogens is 240 g/mol. The molecule has 0 radical (unpaired) electrons. The van der Waals surface area contributed by atoms with Gasteiger partial charge in [-0.2, -0.15) is 4.98 Å². The zero-order chi connectivity index (χ0) is 12.0. The fourth-order valence-corrected chi connectivity index (χ4v) is 2.09. The number of carbonyl (C=O) groups excluding carboxylic acids is 1. The normalized spacial score (nSPS) is 14.2. The molecule has 0 N–H and O–H groups in total. The van der Waals surface area contributed by atoms with Crippen LogP contribution in [0.2, 0.25) is 5.28 Å². The summed E-state index contributed by atoms with van der Waals surface area (Å²) in [7, 11) is 1.75. The van der Waals surface area contributed by atoms with Gasteiger partial charge in [0.15, 0.2) is 0 Å². The second-order valence-corrected chi connectivity index (χ2v) is 4.25. The maximum absolute atomic E-state index is 12.1. The summed E-state index contributed by atoms with van der Waals surface area (Å²) in [6, 6.07) is 3.58. The van der Waals surface area contributed by atoms with Gasteiger partial charge in [-0.05, 0) is 23.7 Å². The molecule has 3 rings (SSSR count). The number of hydrogen-bond acceptors (Lipinski definition) is 3. The zero-order valence-electron chi connectivity index (χ0n) is 9.09. The van der Waals surface area contributed by atoms with Gasteiger partial charge in [0, 0.05) is 25.0 Å². The third kappa shape index (κ3) is 1.51. The molecule has 17 heavy (non-hydrogen) atoms. The first-order chi connectivity index (χ1) is 8.16. The Bertz CT molecular complexity index is 607. The molecule has 0 bridgehead atoms. The van der Waals surface area contributed by atoms with Gasteiger partial charge in [-0.3, -0.25) is 9.36 Å². The van der Waals surface area contributed by atoms with Crippen LogP contribution in [0.25, 0.3) is 5.82 Å². The van der Waals surface area contributed by atoms with E-state index in [1.54, 1.807) is 35.0 Å². The van der Waals surface area contributed by atoms with Gasteiger partial charge in [-0.15, -0.1) is 0 Å². The number of nitrogens with zero attached hydrogens (tertiary/aromatic N) is 4. The Morgan fingerprint density at radius 2 is 2.29 bits per heavy atom. The van der Waals surface area contributed by atoms with E-state index in [1.165, 1.54) is 0 Å². The lowest BCUT2D eigenvalue weighted by Crippen LogP contribution is -2.25. The van der Waals surface area contributed by atoms with E-state index in [0.717, 1.165) is 5.56 Å². The number of amides is 1. The highest BCUT2D eigenvalue weighted by atomic mass is 35.5. The minimum absolute atomic E-state index is 0.0378. The molecule has 86 valence electrons. The molecule has 2 aromatic heterocycles. The van der Waals surface area contributed by atoms with E-state index in [2.05, 4.69) is 9.97 Å². The summed E-state index contributed by atoms with van der Waals surface area (Å²) in [5, 5.41) is 0.181. The van der Waals surface area contributed by atoms with Crippen molar-refractivity contribution in [1.82, 2.24) is 19.4 Å². The lowest BCUT2D eigenvalue weighted by atomic mass is 10.3. The number of hydrogen-bond donors (Lipinski definition) is 0. The molecule has 2 aromatic rings. The number of fused-ring (bicyclic) bond motifs is 3. The maximum atomic E-state index is 12.1. The van der Waals surface area contributed by atoms with E-state index < -0.39 is 0 Å². The molecule has 0 aromatic carbocycles. The van der Waals surface area contributed by atoms with Crippen LogP contribution in [0.4, 0.5) is 0 Å². The number of carbonyl (C=O) groups is 1. The number of halogens is 1. The van der Waals surface area contributed by atoms with E-state index in [4.69, 9.17) is 11.6 Å². The van der Waals surface area contributed by atoms with Crippen molar-refractivity contribution in [3.8, 4) is 5.82 Å². The van der Waals surface area contributed by atoms with Crippen LogP contribution in [0.3, 0.4) is 0 Å². The van der Waals surface area contributed by atoms with Gasteiger partial charge < -0.3 is 4.90 Å². The van der Waals surface area contributed by atoms with Crippen LogP contribution in [0.5, 0.6) is 0 Å². The first kappa shape index (κ1) is 10.3. The van der Waals surface area contributed by atoms with Crippen molar-refractivity contribution in [2.45, 2.75) is 6.54 Å². The van der Waals surface area contributed by atoms with Crippen molar-refractivity contribution in [2.24, 2.45) is 0 Å². The maximum Gasteiger partial charge on any atom is 0.270 e. The molecule has 0 saturated carbocycles. The van der Waals surface area contributed by atoms with Crippen molar-refractivity contribution in [3.63, 3.8) is 0 Å². The summed E-state index contributed by atoms with van der Waals surface area (Å²) in [5.41, 5.74) is 1.46. The van der Waals surface area contributed by atoms with Crippen LogP contribution < -0.4 is 0 Å². The van der Waals surface area contributed by atoms with Crippen molar-refractivity contribution in [2.75, 3.05) is 7.05 Å². The number of aromatic nitrogens is 3. The van der Waals surface area contributed by atoms with E-state index in [0.29, 0.717) is 18.1 Å². The smallest absolute Gasteiger partial charge is 0.270 e. The van der Waals surface area contributed by atoms with Gasteiger partial charge >= 0.3 is 0 Å². The molecule has 0 atom stereocenters. The second kappa shape index (κ2) is 3.56. The Morgan fingerprint density at radius 1 is 1.47 bits per heavy atom. The van der Waals surface area contributed by atoms with Crippen LogP contribution in [0.1, 0.15) is 16.1 Å². The minimum Gasteiger partial charge on any atom is -0.336 e. The third-order valence-corrected chi connectivity index (χ3v) is 2.94. The molecule has 0 unspecified atom stereocenters. The van der Waals surface area contributed by atoms with Gasteiger partial charge in [0.1, 0.15) is 11.5 Å². The summed E-state index contributed by atoms with van der Waals surface area (Å²) in [5.74, 6) is 0.631. The fraction of sp³-hybridized carbons (Fsp3) is 0.182. The monoisotopic (exact) mass is 248 g/mol. The SMILES string of the molecule is CN1Cc2cnc(Cl)nc2-n2cccc2C1=O. The molecule has 0 spiro atoms. The van der Waals surface area contributed by atoms with Gasteiger partial charge in [0.25, 0.3) is 5.91 Å². The van der Waals surface area contributed by atoms with Crippen molar-refractivity contribution >= 4 is 17.5 Å². The molecule has 1 aliphatic rings. The lowest BCUT2D eigenvalue weighted by molar-refractivity contribution is 0.0782. The van der Waals surface area contributed by atoms with Gasteiger partial charge in [-0.25, -0.2) is 4.98 Å². The van der Waals surface area contributed by atoms with Crippen molar-refractivity contribution in [3.05, 3.63) is 41.1 Å². The summed E-state index contributed by atoms with van der Waals surface area (Å²) >= 11 is 5.80. The van der Waals surface area contributed by atoms with E-state index >= 15 is 0 Å². The highest BCUT2D eigenvalue weighted by molar-refractivity contribution is 6.28. The van der Waals surface area contributed by atoms with Crippen LogP contribution in [0.15, 0.2) is 24.5 Å². The summed E-state index contributed by atoms with van der Waals surface area (Å²) in [6.45, 7) is 0.479. The average Bonchev–Trinajstić information content (AvgIpc) is 2.75. The molecular formula is C11H9ClN4O. The van der Waals surface area contributed by atoms with Crippen molar-refractivity contribution < 1.29 is 4.79 Å². The molecule has 1 amide bonds. The van der Waals surface area contributed by atoms with Crippen LogP contribution in [-0.2, 0) is 6.54 Å². The molecule has 1 aliphatic heterocycles. The molecule has 5 nitrogen and oxygen atoms in total. The number of rotatable bonds is 0. The standard InChI is InChI=1S/C11H9ClN4O/c1-15-6-7-5-13-11(12)14-9(7)16-4-2-3-8(16)10(15)17/h2-5H,6H2,1H3. The summed E-state index contributed by atoms with van der Waals surface area (Å²) in [4.78, 5) is 21.9. The van der Waals surface area contributed by atoms with Gasteiger partial charge in [-0.1, -0.05) is 0 Å². The highest BCUT2D eigenvalue weighted by Gasteiger charge is 2.24. The fourth-order valence-electron chi connectivity index (χ4n) is 1.96. The van der Waals surface area contributed by atoms with Crippen LogP contribution in [0, 0.1) is 0 Å². The largest absolute Gasteiger partial charge is 0.336 e. The molecule has 3 heterocycles. The first-order valence-electron chi connectivity index (χ1n) is 5.11. The Morgan fingerprint density at radius 3 is 3.12 bits per heavy atom. The van der Waals surface area contributed by atoms with Crippen LogP contribution in [-0.4, -0.2) is 32.4 Å².